The van der Waals surface area contributed by atoms with Gasteiger partial charge in [0.05, 0.1) is 12.2 Å². The molecular formula is C15H29NO2. The van der Waals surface area contributed by atoms with Crippen molar-refractivity contribution in [3.05, 3.63) is 0 Å². The van der Waals surface area contributed by atoms with Gasteiger partial charge in [-0.2, -0.15) is 0 Å². The van der Waals surface area contributed by atoms with Crippen LogP contribution >= 0.6 is 0 Å². The Kier molecular flexibility index (Phi) is 5.05. The molecule has 2 rings (SSSR count). The van der Waals surface area contributed by atoms with Gasteiger partial charge in [0.25, 0.3) is 0 Å². The van der Waals surface area contributed by atoms with E-state index in [4.69, 9.17) is 15.2 Å². The van der Waals surface area contributed by atoms with Crippen molar-refractivity contribution in [1.29, 1.82) is 0 Å². The summed E-state index contributed by atoms with van der Waals surface area (Å²) in [6.45, 7) is 6.92. The first-order valence-electron chi connectivity index (χ1n) is 7.65. The molecule has 1 heterocycles. The van der Waals surface area contributed by atoms with Crippen LogP contribution < -0.4 is 5.73 Å². The lowest BCUT2D eigenvalue weighted by atomic mass is 9.70. The summed E-state index contributed by atoms with van der Waals surface area (Å²) in [5.41, 5.74) is 6.52. The fraction of sp³-hybridized carbons (Fsp3) is 1.00. The van der Waals surface area contributed by atoms with Crippen LogP contribution in [-0.4, -0.2) is 31.5 Å². The van der Waals surface area contributed by atoms with E-state index in [9.17, 15) is 0 Å². The van der Waals surface area contributed by atoms with E-state index in [0.717, 1.165) is 45.0 Å². The summed E-state index contributed by atoms with van der Waals surface area (Å²) in [5.74, 6) is 1.22. The van der Waals surface area contributed by atoms with Gasteiger partial charge in [0.1, 0.15) is 0 Å². The molecule has 4 unspecified atom stereocenters. The van der Waals surface area contributed by atoms with Crippen LogP contribution in [0, 0.1) is 11.8 Å². The molecule has 1 aliphatic carbocycles. The maximum atomic E-state index is 6.60. The van der Waals surface area contributed by atoms with Crippen LogP contribution in [0.5, 0.6) is 0 Å². The number of hydrogen-bond acceptors (Lipinski definition) is 3. The van der Waals surface area contributed by atoms with Crippen LogP contribution in [0.25, 0.3) is 0 Å². The maximum absolute atomic E-state index is 6.60. The average molecular weight is 255 g/mol. The lowest BCUT2D eigenvalue weighted by Crippen LogP contribution is -2.57. The zero-order valence-corrected chi connectivity index (χ0v) is 12.0. The first-order chi connectivity index (χ1) is 8.68. The lowest BCUT2D eigenvalue weighted by molar-refractivity contribution is -0.115. The van der Waals surface area contributed by atoms with Crippen molar-refractivity contribution >= 4 is 0 Å². The van der Waals surface area contributed by atoms with Gasteiger partial charge >= 0.3 is 0 Å². The molecule has 2 aliphatic rings. The Bertz CT molecular complexity index is 249. The van der Waals surface area contributed by atoms with Crippen molar-refractivity contribution in [3.63, 3.8) is 0 Å². The molecule has 1 saturated carbocycles. The van der Waals surface area contributed by atoms with Crippen molar-refractivity contribution in [1.82, 2.24) is 0 Å². The van der Waals surface area contributed by atoms with Crippen LogP contribution in [0.2, 0.25) is 0 Å². The molecule has 2 fully saturated rings. The highest BCUT2D eigenvalue weighted by Gasteiger charge is 2.44. The summed E-state index contributed by atoms with van der Waals surface area (Å²) in [7, 11) is 0. The quantitative estimate of drug-likeness (QED) is 0.840. The van der Waals surface area contributed by atoms with Crippen LogP contribution in [-0.2, 0) is 9.47 Å². The van der Waals surface area contributed by atoms with E-state index in [0.29, 0.717) is 5.92 Å². The summed E-state index contributed by atoms with van der Waals surface area (Å²) in [5, 5.41) is 0. The molecule has 0 aromatic carbocycles. The van der Waals surface area contributed by atoms with Gasteiger partial charge in [0, 0.05) is 25.2 Å². The van der Waals surface area contributed by atoms with Crippen LogP contribution in [0.1, 0.15) is 52.4 Å². The topological polar surface area (TPSA) is 44.5 Å². The first-order valence-corrected chi connectivity index (χ1v) is 7.65. The van der Waals surface area contributed by atoms with Crippen molar-refractivity contribution < 1.29 is 9.47 Å². The summed E-state index contributed by atoms with van der Waals surface area (Å²) >= 11 is 0. The molecule has 0 aromatic heterocycles. The lowest BCUT2D eigenvalue weighted by Gasteiger charge is -2.47. The molecule has 0 bridgehead atoms. The highest BCUT2D eigenvalue weighted by Crippen LogP contribution is 2.40. The Balaban J connectivity index is 2.06. The first kappa shape index (κ1) is 14.3. The molecular weight excluding hydrogens is 226 g/mol. The van der Waals surface area contributed by atoms with Gasteiger partial charge in [-0.1, -0.05) is 19.8 Å². The maximum Gasteiger partial charge on any atom is 0.0838 e. The zero-order valence-electron chi connectivity index (χ0n) is 12.0. The fourth-order valence-electron chi connectivity index (χ4n) is 3.84. The summed E-state index contributed by atoms with van der Waals surface area (Å²) in [6, 6.07) is 0.139. The Hall–Kier alpha value is -0.120. The minimum atomic E-state index is -0.0855. The molecule has 2 N–H and O–H groups in total. The van der Waals surface area contributed by atoms with Gasteiger partial charge in [-0.3, -0.25) is 0 Å². The molecule has 106 valence electrons. The van der Waals surface area contributed by atoms with Gasteiger partial charge in [0.15, 0.2) is 0 Å². The van der Waals surface area contributed by atoms with Crippen molar-refractivity contribution in [3.8, 4) is 0 Å². The molecule has 0 spiro atoms. The van der Waals surface area contributed by atoms with E-state index in [1.54, 1.807) is 0 Å². The third-order valence-corrected chi connectivity index (χ3v) is 4.73. The zero-order chi connectivity index (χ0) is 13.0. The Morgan fingerprint density at radius 1 is 1.39 bits per heavy atom. The minimum Gasteiger partial charge on any atom is -0.381 e. The number of nitrogens with two attached hydrogens (primary N) is 1. The Labute approximate surface area is 111 Å². The molecule has 1 saturated heterocycles. The summed E-state index contributed by atoms with van der Waals surface area (Å²) < 4.78 is 11.8. The smallest absolute Gasteiger partial charge is 0.0838 e. The number of rotatable bonds is 4. The molecule has 3 nitrogen and oxygen atoms in total. The van der Waals surface area contributed by atoms with Gasteiger partial charge in [-0.05, 0) is 38.5 Å². The van der Waals surface area contributed by atoms with Gasteiger partial charge in [-0.25, -0.2) is 0 Å². The predicted molar refractivity (Wildman–Crippen MR) is 73.5 cm³/mol. The normalized spacial score (nSPS) is 39.5. The van der Waals surface area contributed by atoms with E-state index >= 15 is 0 Å². The highest BCUT2D eigenvalue weighted by atomic mass is 16.5. The van der Waals surface area contributed by atoms with Crippen LogP contribution in [0.4, 0.5) is 0 Å². The highest BCUT2D eigenvalue weighted by molar-refractivity contribution is 4.99. The van der Waals surface area contributed by atoms with Gasteiger partial charge in [0.2, 0.25) is 0 Å². The molecule has 0 amide bonds. The Morgan fingerprint density at radius 2 is 2.22 bits per heavy atom. The third-order valence-electron chi connectivity index (χ3n) is 4.73. The van der Waals surface area contributed by atoms with Crippen LogP contribution in [0.15, 0.2) is 0 Å². The van der Waals surface area contributed by atoms with Gasteiger partial charge < -0.3 is 15.2 Å². The van der Waals surface area contributed by atoms with E-state index in [-0.39, 0.29) is 11.6 Å². The van der Waals surface area contributed by atoms with E-state index in [1.807, 2.05) is 0 Å². The molecule has 0 radical (unpaired) electrons. The van der Waals surface area contributed by atoms with Crippen molar-refractivity contribution in [2.24, 2.45) is 17.6 Å². The largest absolute Gasteiger partial charge is 0.381 e. The average Bonchev–Trinajstić information content (AvgIpc) is 2.39. The predicted octanol–water partition coefficient (Wildman–Crippen LogP) is 2.73. The molecule has 18 heavy (non-hydrogen) atoms. The number of hydrogen-bond donors (Lipinski definition) is 1. The van der Waals surface area contributed by atoms with Crippen molar-refractivity contribution in [2.75, 3.05) is 19.8 Å². The second-order valence-electron chi connectivity index (χ2n) is 6.20. The van der Waals surface area contributed by atoms with Crippen LogP contribution in [0.3, 0.4) is 0 Å². The van der Waals surface area contributed by atoms with E-state index in [2.05, 4.69) is 13.8 Å². The monoisotopic (exact) mass is 255 g/mol. The van der Waals surface area contributed by atoms with E-state index in [1.165, 1.54) is 19.3 Å². The van der Waals surface area contributed by atoms with Gasteiger partial charge in [-0.15, -0.1) is 0 Å². The Morgan fingerprint density at radius 3 is 2.83 bits per heavy atom. The SMILES string of the molecule is CCOC1(C(N)C2CCCOC2)CCCC(C)C1. The number of ether oxygens (including phenoxy) is 2. The molecule has 0 aromatic rings. The summed E-state index contributed by atoms with van der Waals surface area (Å²) in [6.07, 6.45) is 7.17. The van der Waals surface area contributed by atoms with E-state index < -0.39 is 0 Å². The second-order valence-corrected chi connectivity index (χ2v) is 6.20. The fourth-order valence-corrected chi connectivity index (χ4v) is 3.84. The molecule has 1 aliphatic heterocycles. The van der Waals surface area contributed by atoms with Crippen molar-refractivity contribution in [2.45, 2.75) is 64.0 Å². The second kappa shape index (κ2) is 6.36. The third kappa shape index (κ3) is 3.06. The molecule has 4 atom stereocenters. The minimum absolute atomic E-state index is 0.0855. The molecule has 3 heteroatoms. The summed E-state index contributed by atoms with van der Waals surface area (Å²) in [4.78, 5) is 0. The standard InChI is InChI=1S/C15H29NO2/c1-3-18-15(8-4-6-12(2)10-15)14(16)13-7-5-9-17-11-13/h12-14H,3-11,16H2,1-2H3.